The molecule has 2 aromatic rings. The van der Waals surface area contributed by atoms with Crippen molar-refractivity contribution in [2.24, 2.45) is 0 Å². The molecule has 2 unspecified atom stereocenters. The number of hydrogen-bond donors (Lipinski definition) is 2. The Balaban J connectivity index is 1.69. The lowest BCUT2D eigenvalue weighted by atomic mass is 10.2. The molecule has 2 aromatic carbocycles. The second kappa shape index (κ2) is 7.76. The van der Waals surface area contributed by atoms with Crippen LogP contribution in [-0.4, -0.2) is 30.0 Å². The zero-order valence-corrected chi connectivity index (χ0v) is 14.4. The predicted octanol–water partition coefficient (Wildman–Crippen LogP) is 3.20. The number of halogens is 1. The standard InChI is InChI=1S/C18H18FNO4S/c1-23-16-8-12(17-20-14(10-25-17)18(21)22)4-7-15(16)24-9-11-2-5-13(19)6-3-11/h2-8,14,17,20H,9-10H2,1H3,(H,21,22). The van der Waals surface area contributed by atoms with Gasteiger partial charge in [-0.2, -0.15) is 0 Å². The summed E-state index contributed by atoms with van der Waals surface area (Å²) in [5, 5.41) is 12.1. The fourth-order valence-corrected chi connectivity index (χ4v) is 3.74. The van der Waals surface area contributed by atoms with E-state index >= 15 is 0 Å². The zero-order valence-electron chi connectivity index (χ0n) is 13.6. The van der Waals surface area contributed by atoms with Gasteiger partial charge in [-0.25, -0.2) is 4.39 Å². The molecule has 2 N–H and O–H groups in total. The summed E-state index contributed by atoms with van der Waals surface area (Å²) in [7, 11) is 1.55. The van der Waals surface area contributed by atoms with Crippen molar-refractivity contribution in [3.8, 4) is 11.5 Å². The van der Waals surface area contributed by atoms with Gasteiger partial charge in [0.05, 0.1) is 12.5 Å². The largest absolute Gasteiger partial charge is 0.493 e. The number of hydrogen-bond acceptors (Lipinski definition) is 5. The van der Waals surface area contributed by atoms with E-state index in [1.807, 2.05) is 12.1 Å². The number of rotatable bonds is 6. The number of thioether (sulfide) groups is 1. The molecule has 0 bridgehead atoms. The summed E-state index contributed by atoms with van der Waals surface area (Å²) in [4.78, 5) is 11.1. The smallest absolute Gasteiger partial charge is 0.321 e. The van der Waals surface area contributed by atoms with Crippen LogP contribution in [0.1, 0.15) is 16.5 Å². The Hall–Kier alpha value is -2.25. The average Bonchev–Trinajstić information content (AvgIpc) is 3.11. The van der Waals surface area contributed by atoms with Crippen LogP contribution in [0.5, 0.6) is 11.5 Å². The molecule has 132 valence electrons. The molecule has 1 aliphatic heterocycles. The quantitative estimate of drug-likeness (QED) is 0.822. The Labute approximate surface area is 149 Å². The van der Waals surface area contributed by atoms with Crippen LogP contribution in [0.3, 0.4) is 0 Å². The minimum Gasteiger partial charge on any atom is -0.493 e. The SMILES string of the molecule is COc1cc(C2NC(C(=O)O)CS2)ccc1OCc1ccc(F)cc1. The summed E-state index contributed by atoms with van der Waals surface area (Å²) >= 11 is 1.54. The molecule has 0 aliphatic carbocycles. The van der Waals surface area contributed by atoms with Gasteiger partial charge >= 0.3 is 5.97 Å². The molecule has 2 atom stereocenters. The summed E-state index contributed by atoms with van der Waals surface area (Å²) in [5.41, 5.74) is 1.78. The van der Waals surface area contributed by atoms with Gasteiger partial charge < -0.3 is 14.6 Å². The van der Waals surface area contributed by atoms with Gasteiger partial charge in [-0.05, 0) is 35.4 Å². The lowest BCUT2D eigenvalue weighted by Gasteiger charge is -2.15. The normalized spacial score (nSPS) is 19.6. The molecule has 0 radical (unpaired) electrons. The van der Waals surface area contributed by atoms with Crippen LogP contribution in [-0.2, 0) is 11.4 Å². The van der Waals surface area contributed by atoms with Crippen LogP contribution in [0.15, 0.2) is 42.5 Å². The number of carbonyl (C=O) groups is 1. The molecule has 1 aliphatic rings. The number of ether oxygens (including phenoxy) is 2. The Morgan fingerprint density at radius 1 is 1.28 bits per heavy atom. The molecule has 1 fully saturated rings. The van der Waals surface area contributed by atoms with Gasteiger partial charge in [0.1, 0.15) is 18.5 Å². The Kier molecular flexibility index (Phi) is 5.45. The van der Waals surface area contributed by atoms with Gasteiger partial charge in [0, 0.05) is 5.75 Å². The van der Waals surface area contributed by atoms with Gasteiger partial charge in [0.15, 0.2) is 11.5 Å². The molecule has 0 aromatic heterocycles. The number of nitrogens with one attached hydrogen (secondary N) is 1. The summed E-state index contributed by atoms with van der Waals surface area (Å²) in [6.07, 6.45) is 0. The van der Waals surface area contributed by atoms with Gasteiger partial charge in [0.2, 0.25) is 0 Å². The first-order valence-electron chi connectivity index (χ1n) is 7.72. The highest BCUT2D eigenvalue weighted by atomic mass is 32.2. The molecule has 0 saturated carbocycles. The van der Waals surface area contributed by atoms with Crippen molar-refractivity contribution in [3.63, 3.8) is 0 Å². The van der Waals surface area contributed by atoms with E-state index in [2.05, 4.69) is 5.32 Å². The lowest BCUT2D eigenvalue weighted by molar-refractivity contribution is -0.138. The Morgan fingerprint density at radius 2 is 2.04 bits per heavy atom. The van der Waals surface area contributed by atoms with E-state index in [9.17, 15) is 9.18 Å². The van der Waals surface area contributed by atoms with Crippen molar-refractivity contribution in [1.29, 1.82) is 0 Å². The Bertz CT molecular complexity index is 753. The second-order valence-electron chi connectivity index (χ2n) is 5.60. The minimum absolute atomic E-state index is 0.0962. The summed E-state index contributed by atoms with van der Waals surface area (Å²) in [5.74, 6) is 0.535. The molecule has 3 rings (SSSR count). The third-order valence-corrected chi connectivity index (χ3v) is 5.15. The van der Waals surface area contributed by atoms with Crippen LogP contribution < -0.4 is 14.8 Å². The zero-order chi connectivity index (χ0) is 17.8. The molecule has 25 heavy (non-hydrogen) atoms. The highest BCUT2D eigenvalue weighted by Gasteiger charge is 2.30. The van der Waals surface area contributed by atoms with Crippen LogP contribution in [0, 0.1) is 5.82 Å². The molecule has 1 saturated heterocycles. The first-order chi connectivity index (χ1) is 12.1. The third kappa shape index (κ3) is 4.24. The predicted molar refractivity (Wildman–Crippen MR) is 93.5 cm³/mol. The van der Waals surface area contributed by atoms with E-state index < -0.39 is 12.0 Å². The van der Waals surface area contributed by atoms with E-state index in [0.717, 1.165) is 11.1 Å². The molecule has 5 nitrogen and oxygen atoms in total. The molecule has 7 heteroatoms. The van der Waals surface area contributed by atoms with Gasteiger partial charge in [-0.1, -0.05) is 18.2 Å². The summed E-state index contributed by atoms with van der Waals surface area (Å²) < 4.78 is 24.1. The van der Waals surface area contributed by atoms with E-state index in [0.29, 0.717) is 23.9 Å². The summed E-state index contributed by atoms with van der Waals surface area (Å²) in [6.45, 7) is 0.299. The van der Waals surface area contributed by atoms with Gasteiger partial charge in [-0.15, -0.1) is 11.8 Å². The first-order valence-corrected chi connectivity index (χ1v) is 8.77. The first kappa shape index (κ1) is 17.6. The maximum absolute atomic E-state index is 12.9. The third-order valence-electron chi connectivity index (χ3n) is 3.88. The van der Waals surface area contributed by atoms with Crippen molar-refractivity contribution in [2.75, 3.05) is 12.9 Å². The van der Waals surface area contributed by atoms with Crippen molar-refractivity contribution < 1.29 is 23.8 Å². The lowest BCUT2D eigenvalue weighted by Crippen LogP contribution is -2.33. The van der Waals surface area contributed by atoms with Gasteiger partial charge in [0.25, 0.3) is 0 Å². The minimum atomic E-state index is -0.846. The maximum atomic E-state index is 12.9. The number of carboxylic acid groups (broad SMARTS) is 1. The summed E-state index contributed by atoms with van der Waals surface area (Å²) in [6, 6.07) is 11.1. The van der Waals surface area contributed by atoms with E-state index in [4.69, 9.17) is 14.6 Å². The maximum Gasteiger partial charge on any atom is 0.321 e. The van der Waals surface area contributed by atoms with E-state index in [-0.39, 0.29) is 11.2 Å². The number of carboxylic acids is 1. The number of benzene rings is 2. The molecular weight excluding hydrogens is 345 g/mol. The second-order valence-corrected chi connectivity index (χ2v) is 6.73. The highest BCUT2D eigenvalue weighted by molar-refractivity contribution is 7.99. The topological polar surface area (TPSA) is 67.8 Å². The van der Waals surface area contributed by atoms with E-state index in [1.54, 1.807) is 37.1 Å². The van der Waals surface area contributed by atoms with E-state index in [1.165, 1.54) is 12.1 Å². The van der Waals surface area contributed by atoms with Crippen molar-refractivity contribution in [1.82, 2.24) is 5.32 Å². The van der Waals surface area contributed by atoms with Crippen molar-refractivity contribution in [2.45, 2.75) is 18.0 Å². The monoisotopic (exact) mass is 363 g/mol. The average molecular weight is 363 g/mol. The van der Waals surface area contributed by atoms with Crippen LogP contribution in [0.2, 0.25) is 0 Å². The van der Waals surface area contributed by atoms with Crippen molar-refractivity contribution in [3.05, 3.63) is 59.4 Å². The Morgan fingerprint density at radius 3 is 2.68 bits per heavy atom. The van der Waals surface area contributed by atoms with Crippen molar-refractivity contribution >= 4 is 17.7 Å². The number of aliphatic carboxylic acids is 1. The van der Waals surface area contributed by atoms with Crippen LogP contribution in [0.25, 0.3) is 0 Å². The van der Waals surface area contributed by atoms with Gasteiger partial charge in [-0.3, -0.25) is 10.1 Å². The highest BCUT2D eigenvalue weighted by Crippen LogP contribution is 2.37. The number of methoxy groups -OCH3 is 1. The molecular formula is C18H18FNO4S. The molecule has 0 spiro atoms. The van der Waals surface area contributed by atoms with Crippen LogP contribution >= 0.6 is 11.8 Å². The van der Waals surface area contributed by atoms with Crippen LogP contribution in [0.4, 0.5) is 4.39 Å². The fraction of sp³-hybridized carbons (Fsp3) is 0.278. The molecule has 1 heterocycles. The molecule has 0 amide bonds. The fourth-order valence-electron chi connectivity index (χ4n) is 2.51.